The molecule has 2 N–H and O–H groups in total. The maximum Gasteiger partial charge on any atom is 0.407 e. The summed E-state index contributed by atoms with van der Waals surface area (Å²) in [5.74, 6) is -0.0920. The molecule has 1 amide bonds. The second kappa shape index (κ2) is 13.9. The summed E-state index contributed by atoms with van der Waals surface area (Å²) < 4.78 is 53.7. The van der Waals surface area contributed by atoms with E-state index in [-0.39, 0.29) is 49.1 Å². The number of fused-ring (bicyclic) bond motifs is 2. The zero-order valence-electron chi connectivity index (χ0n) is 25.8. The molecule has 6 rings (SSSR count). The summed E-state index contributed by atoms with van der Waals surface area (Å²) in [4.78, 5) is 17.2. The van der Waals surface area contributed by atoms with Crippen molar-refractivity contribution in [3.05, 3.63) is 78.5 Å². The number of carbonyl (C=O) groups excluding carboxylic acids is 1. The van der Waals surface area contributed by atoms with Crippen LogP contribution in [0.4, 0.5) is 4.79 Å². The van der Waals surface area contributed by atoms with Crippen LogP contribution in [0.5, 0.6) is 0 Å². The summed E-state index contributed by atoms with van der Waals surface area (Å²) in [7, 11) is -4.09. The van der Waals surface area contributed by atoms with Crippen LogP contribution in [-0.4, -0.2) is 89.5 Å². The second-order valence-corrected chi connectivity index (χ2v) is 14.2. The fraction of sp³-hybridized carbons (Fsp3) is 0.469. The van der Waals surface area contributed by atoms with E-state index in [2.05, 4.69) is 15.5 Å². The van der Waals surface area contributed by atoms with Crippen molar-refractivity contribution in [3.8, 4) is 0 Å². The van der Waals surface area contributed by atoms with Crippen LogP contribution in [0.25, 0.3) is 11.0 Å². The molecule has 2 aliphatic heterocycles. The number of aliphatic hydroxyl groups is 1. The molecule has 246 valence electrons. The molecule has 4 aromatic rings. The van der Waals surface area contributed by atoms with Gasteiger partial charge in [-0.1, -0.05) is 49.3 Å². The molecule has 0 saturated carbocycles. The number of aromatic nitrogens is 3. The number of benzene rings is 2. The minimum atomic E-state index is -4.09. The topological polar surface area (TPSA) is 158 Å². The van der Waals surface area contributed by atoms with E-state index in [1.54, 1.807) is 30.9 Å². The fourth-order valence-electron chi connectivity index (χ4n) is 5.98. The highest BCUT2D eigenvalue weighted by Crippen LogP contribution is 2.33. The lowest BCUT2D eigenvalue weighted by Crippen LogP contribution is -2.51. The molecule has 2 saturated heterocycles. The van der Waals surface area contributed by atoms with Gasteiger partial charge < -0.3 is 33.7 Å². The number of hydrogen-bond donors (Lipinski definition) is 2. The van der Waals surface area contributed by atoms with E-state index >= 15 is 0 Å². The van der Waals surface area contributed by atoms with Crippen LogP contribution >= 0.6 is 0 Å². The summed E-state index contributed by atoms with van der Waals surface area (Å²) >= 11 is 0. The molecule has 46 heavy (non-hydrogen) atoms. The van der Waals surface area contributed by atoms with Crippen LogP contribution < -0.4 is 5.32 Å². The van der Waals surface area contributed by atoms with Gasteiger partial charge in [-0.3, -0.25) is 0 Å². The predicted molar refractivity (Wildman–Crippen MR) is 166 cm³/mol. The Labute approximate surface area is 267 Å². The molecule has 0 bridgehead atoms. The maximum atomic E-state index is 14.1. The molecule has 2 aromatic heterocycles. The average Bonchev–Trinajstić information content (AvgIpc) is 3.84. The van der Waals surface area contributed by atoms with Crippen LogP contribution in [0.3, 0.4) is 0 Å². The molecule has 5 atom stereocenters. The minimum absolute atomic E-state index is 0.0434. The highest BCUT2D eigenvalue weighted by molar-refractivity contribution is 7.89. The van der Waals surface area contributed by atoms with Gasteiger partial charge in [0, 0.05) is 30.9 Å². The van der Waals surface area contributed by atoms with Crippen molar-refractivity contribution >= 4 is 27.1 Å². The van der Waals surface area contributed by atoms with E-state index in [0.29, 0.717) is 29.8 Å². The van der Waals surface area contributed by atoms with Gasteiger partial charge in [0.1, 0.15) is 11.8 Å². The van der Waals surface area contributed by atoms with Crippen molar-refractivity contribution in [3.63, 3.8) is 0 Å². The summed E-state index contributed by atoms with van der Waals surface area (Å²) in [6.45, 7) is 4.83. The number of imidazole rings is 1. The van der Waals surface area contributed by atoms with Crippen LogP contribution in [-0.2, 0) is 37.2 Å². The van der Waals surface area contributed by atoms with Crippen molar-refractivity contribution in [2.45, 2.75) is 62.7 Å². The van der Waals surface area contributed by atoms with Gasteiger partial charge in [-0.05, 0) is 42.5 Å². The third-order valence-electron chi connectivity index (χ3n) is 8.31. The van der Waals surface area contributed by atoms with E-state index in [1.807, 2.05) is 48.7 Å². The molecule has 2 aliphatic rings. The molecule has 0 aliphatic carbocycles. The van der Waals surface area contributed by atoms with Gasteiger partial charge >= 0.3 is 6.09 Å². The number of nitrogens with one attached hydrogen (secondary N) is 1. The molecule has 13 nitrogen and oxygen atoms in total. The van der Waals surface area contributed by atoms with Gasteiger partial charge in [0.15, 0.2) is 11.9 Å². The summed E-state index contributed by atoms with van der Waals surface area (Å²) in [5.41, 5.74) is 1.88. The number of hydrogen-bond acceptors (Lipinski definition) is 10. The molecule has 2 fully saturated rings. The Hall–Kier alpha value is -3.82. The Bertz CT molecular complexity index is 1710. The molecule has 14 heteroatoms. The number of amides is 1. The lowest BCUT2D eigenvalue weighted by molar-refractivity contribution is -0.0907. The normalized spacial score (nSPS) is 21.1. The fourth-order valence-corrected chi connectivity index (χ4v) is 7.63. The smallest absolute Gasteiger partial charge is 0.407 e. The summed E-state index contributed by atoms with van der Waals surface area (Å²) in [6.07, 6.45) is 3.24. The van der Waals surface area contributed by atoms with E-state index in [0.717, 1.165) is 12.0 Å². The number of aliphatic hydroxyl groups excluding tert-OH is 1. The Morgan fingerprint density at radius 2 is 2.00 bits per heavy atom. The number of alkyl carbamates (subject to hydrolysis) is 1. The van der Waals surface area contributed by atoms with Crippen molar-refractivity contribution in [2.75, 3.05) is 26.3 Å². The lowest BCUT2D eigenvalue weighted by Gasteiger charge is -2.31. The first-order chi connectivity index (χ1) is 22.2. The number of rotatable bonds is 13. The summed E-state index contributed by atoms with van der Waals surface area (Å²) in [5, 5.41) is 19.1. The minimum Gasteiger partial charge on any atom is -0.443 e. The Balaban J connectivity index is 1.22. The zero-order chi connectivity index (χ0) is 32.3. The first kappa shape index (κ1) is 32.1. The van der Waals surface area contributed by atoms with Gasteiger partial charge in [-0.25, -0.2) is 18.2 Å². The van der Waals surface area contributed by atoms with Crippen molar-refractivity contribution in [1.29, 1.82) is 0 Å². The third kappa shape index (κ3) is 7.26. The Morgan fingerprint density at radius 1 is 1.17 bits per heavy atom. The summed E-state index contributed by atoms with van der Waals surface area (Å²) in [6, 6.07) is 13.1. The highest BCUT2D eigenvalue weighted by atomic mass is 32.2. The monoisotopic (exact) mass is 653 g/mol. The quantitative estimate of drug-likeness (QED) is 0.220. The van der Waals surface area contributed by atoms with E-state index in [9.17, 15) is 18.3 Å². The average molecular weight is 654 g/mol. The zero-order valence-corrected chi connectivity index (χ0v) is 26.6. The van der Waals surface area contributed by atoms with Crippen LogP contribution in [0.2, 0.25) is 0 Å². The first-order valence-corrected chi connectivity index (χ1v) is 16.9. The number of carbonyl (C=O) groups is 1. The second-order valence-electron chi connectivity index (χ2n) is 12.2. The molecular formula is C32H39N5O8S. The van der Waals surface area contributed by atoms with Gasteiger partial charge in [0.2, 0.25) is 10.0 Å². The first-order valence-electron chi connectivity index (χ1n) is 15.4. The lowest BCUT2D eigenvalue weighted by atomic mass is 10.0. The van der Waals surface area contributed by atoms with Crippen molar-refractivity contribution in [2.24, 2.45) is 11.8 Å². The Morgan fingerprint density at radius 3 is 2.76 bits per heavy atom. The van der Waals surface area contributed by atoms with Crippen molar-refractivity contribution < 1.29 is 37.1 Å². The third-order valence-corrected chi connectivity index (χ3v) is 10.1. The molecule has 0 radical (unpaired) electrons. The number of ether oxygens (including phenoxy) is 3. The predicted octanol–water partition coefficient (Wildman–Crippen LogP) is 3.18. The van der Waals surface area contributed by atoms with E-state index in [4.69, 9.17) is 18.7 Å². The van der Waals surface area contributed by atoms with E-state index in [1.165, 1.54) is 10.4 Å². The molecule has 0 spiro atoms. The molecule has 2 aromatic carbocycles. The highest BCUT2D eigenvalue weighted by Gasteiger charge is 2.44. The van der Waals surface area contributed by atoms with Crippen molar-refractivity contribution in [1.82, 2.24) is 24.3 Å². The SMILES string of the molecule is CC(C)CN(C[C@@H](O)[C@H](Cc1ccccc1)NC(=O)O[C@H]1CO[C@H]2OCC[C@H]21)S(=O)(=O)c1ccc2onc(Cn3ccnc3)c2c1. The Kier molecular flexibility index (Phi) is 9.70. The van der Waals surface area contributed by atoms with E-state index < -0.39 is 34.4 Å². The van der Waals surface area contributed by atoms with Gasteiger partial charge in [-0.15, -0.1) is 0 Å². The standard InChI is InChI=1S/C32H39N5O8S/c1-21(2)16-37(46(40,41)23-8-9-29-25(15-23)27(35-45-29)17-36-12-11-33-20-36)18-28(38)26(14-22-6-4-3-5-7-22)34-32(39)44-30-19-43-31-24(30)10-13-42-31/h3-9,11-12,15,20-21,24,26,28,30-31,38H,10,13-14,16-19H2,1-2H3,(H,34,39)/t24-,26-,28+,30-,31+/m0/s1. The molecule has 4 heterocycles. The van der Waals surface area contributed by atoms with Gasteiger partial charge in [0.05, 0.1) is 49.0 Å². The maximum absolute atomic E-state index is 14.1. The number of sulfonamides is 1. The van der Waals surface area contributed by atoms with Crippen LogP contribution in [0.15, 0.2) is 76.7 Å². The van der Waals surface area contributed by atoms with Gasteiger partial charge in [0.25, 0.3) is 0 Å². The van der Waals surface area contributed by atoms with Crippen LogP contribution in [0, 0.1) is 11.8 Å². The largest absolute Gasteiger partial charge is 0.443 e. The molecule has 0 unspecified atom stereocenters. The van der Waals surface area contributed by atoms with Crippen LogP contribution in [0.1, 0.15) is 31.5 Å². The van der Waals surface area contributed by atoms with Gasteiger partial charge in [-0.2, -0.15) is 4.31 Å². The molecular weight excluding hydrogens is 614 g/mol. The number of nitrogens with zero attached hydrogens (tertiary/aromatic N) is 4.